The number of carbonyl (C=O) groups excluding carboxylic acids is 2. The van der Waals surface area contributed by atoms with Crippen LogP contribution in [-0.2, 0) is 4.79 Å². The van der Waals surface area contributed by atoms with Crippen LogP contribution >= 0.6 is 0 Å². The third-order valence-electron chi connectivity index (χ3n) is 4.81. The molecule has 0 spiro atoms. The van der Waals surface area contributed by atoms with E-state index >= 15 is 0 Å². The maximum Gasteiger partial charge on any atom is 0.329 e. The Morgan fingerprint density at radius 3 is 2.32 bits per heavy atom. The van der Waals surface area contributed by atoms with Gasteiger partial charge in [-0.05, 0) is 56.2 Å². The van der Waals surface area contributed by atoms with E-state index in [0.29, 0.717) is 36.4 Å². The van der Waals surface area contributed by atoms with Gasteiger partial charge in [-0.25, -0.2) is 4.79 Å². The molecule has 3 N–H and O–H groups in total. The lowest BCUT2D eigenvalue weighted by atomic mass is 9.77. The second-order valence-electron chi connectivity index (χ2n) is 6.86. The molecule has 6 heteroatoms. The van der Waals surface area contributed by atoms with Crippen molar-refractivity contribution in [3.05, 3.63) is 35.4 Å². The number of nitrogens with one attached hydrogen (secondary N) is 2. The highest BCUT2D eigenvalue weighted by Crippen LogP contribution is 2.32. The lowest BCUT2D eigenvalue weighted by Gasteiger charge is -2.36. The molecule has 6 nitrogen and oxygen atoms in total. The van der Waals surface area contributed by atoms with Gasteiger partial charge in [-0.15, -0.1) is 0 Å². The normalized spacial score (nSPS) is 22.9. The van der Waals surface area contributed by atoms with Crippen LogP contribution in [0.2, 0.25) is 0 Å². The van der Waals surface area contributed by atoms with Gasteiger partial charge in [0, 0.05) is 17.7 Å². The van der Waals surface area contributed by atoms with Crippen LogP contribution in [0.3, 0.4) is 0 Å². The number of carboxylic acid groups (broad SMARTS) is 1. The number of aliphatic carboxylic acids is 1. The topological polar surface area (TPSA) is 95.5 Å². The van der Waals surface area contributed by atoms with Crippen LogP contribution < -0.4 is 10.6 Å². The van der Waals surface area contributed by atoms with E-state index in [1.807, 2.05) is 6.92 Å². The second-order valence-corrected chi connectivity index (χ2v) is 6.86. The first-order valence-electron chi connectivity index (χ1n) is 8.82. The van der Waals surface area contributed by atoms with E-state index in [9.17, 15) is 19.5 Å². The molecule has 0 aliphatic heterocycles. The molecule has 0 unspecified atom stereocenters. The quantitative estimate of drug-likeness (QED) is 0.738. The van der Waals surface area contributed by atoms with Crippen LogP contribution in [0.5, 0.6) is 0 Å². The van der Waals surface area contributed by atoms with E-state index < -0.39 is 17.4 Å². The molecule has 0 atom stereocenters. The van der Waals surface area contributed by atoms with E-state index in [4.69, 9.17) is 0 Å². The number of rotatable bonds is 6. The van der Waals surface area contributed by atoms with E-state index in [1.54, 1.807) is 18.2 Å². The number of carbonyl (C=O) groups is 3. The van der Waals surface area contributed by atoms with Crippen LogP contribution in [-0.4, -0.2) is 35.0 Å². The van der Waals surface area contributed by atoms with Crippen molar-refractivity contribution in [1.29, 1.82) is 0 Å². The van der Waals surface area contributed by atoms with Crippen molar-refractivity contribution in [1.82, 2.24) is 10.6 Å². The zero-order valence-electron chi connectivity index (χ0n) is 14.8. The lowest BCUT2D eigenvalue weighted by Crippen LogP contribution is -2.56. The Bertz CT molecular complexity index is 649. The third-order valence-corrected chi connectivity index (χ3v) is 4.81. The fraction of sp³-hybridized carbons (Fsp3) is 0.526. The summed E-state index contributed by atoms with van der Waals surface area (Å²) in [5, 5.41) is 15.1. The molecule has 2 rings (SSSR count). The molecule has 0 saturated heterocycles. The molecule has 0 radical (unpaired) electrons. The molecule has 0 bridgehead atoms. The van der Waals surface area contributed by atoms with Gasteiger partial charge >= 0.3 is 5.97 Å². The summed E-state index contributed by atoms with van der Waals surface area (Å²) in [7, 11) is 0. The van der Waals surface area contributed by atoms with Crippen LogP contribution in [0, 0.1) is 5.92 Å². The van der Waals surface area contributed by atoms with Gasteiger partial charge in [-0.3, -0.25) is 9.59 Å². The molecule has 0 heterocycles. The minimum absolute atomic E-state index is 0.240. The monoisotopic (exact) mass is 346 g/mol. The van der Waals surface area contributed by atoms with Crippen LogP contribution in [0.25, 0.3) is 0 Å². The zero-order valence-corrected chi connectivity index (χ0v) is 14.8. The van der Waals surface area contributed by atoms with Crippen molar-refractivity contribution in [2.75, 3.05) is 6.54 Å². The van der Waals surface area contributed by atoms with Gasteiger partial charge in [0.05, 0.1) is 0 Å². The maximum atomic E-state index is 12.6. The average Bonchev–Trinajstić information content (AvgIpc) is 2.61. The zero-order chi connectivity index (χ0) is 18.4. The van der Waals surface area contributed by atoms with Gasteiger partial charge in [0.25, 0.3) is 11.8 Å². The van der Waals surface area contributed by atoms with Crippen LogP contribution in [0.4, 0.5) is 0 Å². The van der Waals surface area contributed by atoms with Crippen molar-refractivity contribution in [3.8, 4) is 0 Å². The molecule has 1 fully saturated rings. The van der Waals surface area contributed by atoms with Gasteiger partial charge in [-0.1, -0.05) is 19.9 Å². The van der Waals surface area contributed by atoms with E-state index in [1.165, 1.54) is 6.07 Å². The van der Waals surface area contributed by atoms with Crippen molar-refractivity contribution in [3.63, 3.8) is 0 Å². The molecule has 25 heavy (non-hydrogen) atoms. The highest BCUT2D eigenvalue weighted by Gasteiger charge is 2.42. The third kappa shape index (κ3) is 4.59. The van der Waals surface area contributed by atoms with Crippen molar-refractivity contribution in [2.45, 2.75) is 51.5 Å². The van der Waals surface area contributed by atoms with Gasteiger partial charge in [0.15, 0.2) is 0 Å². The van der Waals surface area contributed by atoms with Crippen LogP contribution in [0.1, 0.15) is 66.7 Å². The maximum absolute atomic E-state index is 12.6. The summed E-state index contributed by atoms with van der Waals surface area (Å²) >= 11 is 0. The number of hydrogen-bond acceptors (Lipinski definition) is 3. The van der Waals surface area contributed by atoms with Crippen molar-refractivity contribution >= 4 is 17.8 Å². The van der Waals surface area contributed by atoms with E-state index in [-0.39, 0.29) is 5.91 Å². The van der Waals surface area contributed by atoms with Crippen LogP contribution in [0.15, 0.2) is 24.3 Å². The van der Waals surface area contributed by atoms with E-state index in [2.05, 4.69) is 17.6 Å². The summed E-state index contributed by atoms with van der Waals surface area (Å²) < 4.78 is 0. The molecular formula is C19H26N2O4. The Kier molecular flexibility index (Phi) is 6.17. The second kappa shape index (κ2) is 8.14. The fourth-order valence-corrected chi connectivity index (χ4v) is 3.08. The number of carboxylic acids is 1. The van der Waals surface area contributed by atoms with Gasteiger partial charge in [0.1, 0.15) is 5.54 Å². The van der Waals surface area contributed by atoms with Crippen molar-refractivity contribution < 1.29 is 19.5 Å². The first-order chi connectivity index (χ1) is 11.9. The largest absolute Gasteiger partial charge is 0.480 e. The molecular weight excluding hydrogens is 320 g/mol. The lowest BCUT2D eigenvalue weighted by molar-refractivity contribution is -0.146. The summed E-state index contributed by atoms with van der Waals surface area (Å²) in [6.07, 6.45) is 3.21. The first-order valence-corrected chi connectivity index (χ1v) is 8.82. The van der Waals surface area contributed by atoms with E-state index in [0.717, 1.165) is 19.3 Å². The Morgan fingerprint density at radius 2 is 1.76 bits per heavy atom. The standard InChI is InChI=1S/C19H26N2O4/c1-3-11-20-16(22)14-5-4-6-15(12-14)17(23)21-19(18(24)25)9-7-13(2)8-10-19/h4-6,12-13H,3,7-11H2,1-2H3,(H,20,22)(H,21,23)(H,24,25). The highest BCUT2D eigenvalue weighted by molar-refractivity contribution is 6.01. The minimum Gasteiger partial charge on any atom is -0.480 e. The SMILES string of the molecule is CCCNC(=O)c1cccc(C(=O)NC2(C(=O)O)CCC(C)CC2)c1. The molecule has 1 aromatic rings. The van der Waals surface area contributed by atoms with Crippen molar-refractivity contribution in [2.24, 2.45) is 5.92 Å². The fourth-order valence-electron chi connectivity index (χ4n) is 3.08. The smallest absolute Gasteiger partial charge is 0.329 e. The molecule has 0 aromatic heterocycles. The molecule has 2 amide bonds. The Balaban J connectivity index is 2.14. The number of benzene rings is 1. The molecule has 1 aliphatic rings. The summed E-state index contributed by atoms with van der Waals surface area (Å²) in [5.74, 6) is -1.22. The highest BCUT2D eigenvalue weighted by atomic mass is 16.4. The molecule has 1 aliphatic carbocycles. The molecule has 1 saturated carbocycles. The molecule has 136 valence electrons. The predicted octanol–water partition coefficient (Wildman–Crippen LogP) is 2.59. The predicted molar refractivity (Wildman–Crippen MR) is 94.5 cm³/mol. The summed E-state index contributed by atoms with van der Waals surface area (Å²) in [5.41, 5.74) is -0.532. The van der Waals surface area contributed by atoms with Gasteiger partial charge in [0.2, 0.25) is 0 Å². The molecule has 1 aromatic carbocycles. The summed E-state index contributed by atoms with van der Waals surface area (Å²) in [6.45, 7) is 4.61. The Morgan fingerprint density at radius 1 is 1.16 bits per heavy atom. The Hall–Kier alpha value is -2.37. The first kappa shape index (κ1) is 19.0. The Labute approximate surface area is 148 Å². The summed E-state index contributed by atoms with van der Waals surface area (Å²) in [4.78, 5) is 36.4. The number of hydrogen-bond donors (Lipinski definition) is 3. The summed E-state index contributed by atoms with van der Waals surface area (Å²) in [6, 6.07) is 6.36. The average molecular weight is 346 g/mol. The minimum atomic E-state index is -1.22. The van der Waals surface area contributed by atoms with Gasteiger partial charge in [-0.2, -0.15) is 0 Å². The number of amides is 2. The van der Waals surface area contributed by atoms with Gasteiger partial charge < -0.3 is 15.7 Å².